The third kappa shape index (κ3) is 16.1. The zero-order valence-corrected chi connectivity index (χ0v) is 29.3. The zero-order valence-electron chi connectivity index (χ0n) is 23.9. The summed E-state index contributed by atoms with van der Waals surface area (Å²) >= 11 is 0. The van der Waals surface area contributed by atoms with E-state index in [-0.39, 0.29) is 30.2 Å². The maximum Gasteiger partial charge on any atom is 0.0535 e. The summed E-state index contributed by atoms with van der Waals surface area (Å²) in [6, 6.07) is 34.1. The van der Waals surface area contributed by atoms with E-state index in [1.807, 2.05) is 0 Å². The van der Waals surface area contributed by atoms with Gasteiger partial charge in [0.1, 0.15) is 0 Å². The van der Waals surface area contributed by atoms with Gasteiger partial charge in [0.2, 0.25) is 0 Å². The summed E-state index contributed by atoms with van der Waals surface area (Å²) in [4.78, 5) is 0. The Morgan fingerprint density at radius 2 is 0.816 bits per heavy atom. The molecular weight excluding hydrogens is 540 g/mol. The summed E-state index contributed by atoms with van der Waals surface area (Å²) in [6.07, 6.45) is 7.51. The third-order valence-electron chi connectivity index (χ3n) is 7.69. The molecule has 0 unspecified atom stereocenters. The lowest BCUT2D eigenvalue weighted by Crippen LogP contribution is -2.35. The van der Waals surface area contributed by atoms with Gasteiger partial charge in [-0.3, -0.25) is 0 Å². The van der Waals surface area contributed by atoms with Crippen LogP contribution in [0, 0.1) is 0 Å². The highest BCUT2D eigenvalue weighted by atomic mass is 31.1. The molecule has 220 valence electrons. The quantitative estimate of drug-likeness (QED) is 0.117. The molecule has 0 aliphatic rings. The largest absolute Gasteiger partial charge is 0.0776 e. The molecule has 0 heterocycles. The van der Waals surface area contributed by atoms with Crippen molar-refractivity contribution in [2.45, 2.75) is 130 Å². The summed E-state index contributed by atoms with van der Waals surface area (Å²) in [5, 5.41) is 3.15. The van der Waals surface area contributed by atoms with Gasteiger partial charge < -0.3 is 0 Å². The second kappa shape index (κ2) is 22.4. The van der Waals surface area contributed by atoms with Gasteiger partial charge >= 0.3 is 0 Å². The van der Waals surface area contributed by atoms with E-state index in [0.717, 1.165) is 0 Å². The molecule has 5 heteroatoms. The van der Waals surface area contributed by atoms with Crippen LogP contribution in [0.4, 0.5) is 0 Å². The minimum atomic E-state index is -1.19. The van der Waals surface area contributed by atoms with E-state index in [9.17, 15) is 0 Å². The second-order valence-corrected chi connectivity index (χ2v) is 29.7. The van der Waals surface area contributed by atoms with Crippen molar-refractivity contribution in [1.82, 2.24) is 0 Å². The zero-order chi connectivity index (χ0) is 25.5. The molecule has 0 saturated heterocycles. The van der Waals surface area contributed by atoms with Crippen LogP contribution in [0.2, 0.25) is 81.6 Å². The first-order valence-corrected chi connectivity index (χ1v) is 28.4. The monoisotopic (exact) mass is 606 g/mol. The van der Waals surface area contributed by atoms with Crippen LogP contribution in [-0.4, -0.2) is 40.6 Å². The van der Waals surface area contributed by atoms with Crippen LogP contribution in [0.25, 0.3) is 0 Å². The molecule has 0 spiro atoms. The van der Waals surface area contributed by atoms with Gasteiger partial charge in [-0.1, -0.05) is 190 Å². The summed E-state index contributed by atoms with van der Waals surface area (Å²) in [5.74, 6) is 0. The Balaban J connectivity index is 0. The minimum absolute atomic E-state index is 0. The van der Waals surface area contributed by atoms with Gasteiger partial charge in [0.05, 0.1) is 8.07 Å². The number of hydrogen-bond acceptors (Lipinski definition) is 0. The van der Waals surface area contributed by atoms with Crippen LogP contribution >= 0.6 is 7.92 Å². The molecule has 0 saturated carbocycles. The molecule has 38 heavy (non-hydrogen) atoms. The van der Waals surface area contributed by atoms with Gasteiger partial charge in [-0.15, -0.1) is 0 Å². The molecule has 0 nitrogen and oxygen atoms in total. The molecule has 0 aliphatic heterocycles. The maximum atomic E-state index is 2.56. The second-order valence-electron chi connectivity index (χ2n) is 12.3. The van der Waals surface area contributed by atoms with Crippen molar-refractivity contribution in [3.8, 4) is 0 Å². The molecule has 2 rings (SSSR count). The van der Waals surface area contributed by atoms with Crippen molar-refractivity contribution in [1.29, 1.82) is 0 Å². The van der Waals surface area contributed by atoms with Crippen LogP contribution in [0.5, 0.6) is 0 Å². The van der Waals surface area contributed by atoms with Crippen molar-refractivity contribution in [2.75, 3.05) is 6.16 Å². The highest BCUT2D eigenvalue weighted by Crippen LogP contribution is 2.39. The van der Waals surface area contributed by atoms with E-state index >= 15 is 0 Å². The van der Waals surface area contributed by atoms with Crippen LogP contribution in [0.15, 0.2) is 60.7 Å². The van der Waals surface area contributed by atoms with Gasteiger partial charge in [0.25, 0.3) is 0 Å². The topological polar surface area (TPSA) is 0 Å². The Hall–Kier alpha value is -0.262. The van der Waals surface area contributed by atoms with E-state index in [4.69, 9.17) is 0 Å². The first-order valence-electron chi connectivity index (χ1n) is 14.7. The van der Waals surface area contributed by atoms with Gasteiger partial charge in [-0.25, -0.2) is 0 Å². The lowest BCUT2D eigenvalue weighted by molar-refractivity contribution is 0.874. The Morgan fingerprint density at radius 1 is 0.500 bits per heavy atom. The lowest BCUT2D eigenvalue weighted by Gasteiger charge is -2.34. The maximum absolute atomic E-state index is 2.56. The van der Waals surface area contributed by atoms with E-state index in [0.29, 0.717) is 0 Å². The van der Waals surface area contributed by atoms with Gasteiger partial charge in [0.15, 0.2) is 0 Å². The Labute approximate surface area is 248 Å². The van der Waals surface area contributed by atoms with Crippen LogP contribution in [0.1, 0.15) is 48.0 Å². The molecule has 0 fully saturated rings. The fourth-order valence-corrected chi connectivity index (χ4v) is 17.9. The normalized spacial score (nSPS) is 11.4. The van der Waals surface area contributed by atoms with E-state index in [1.165, 1.54) is 12.6 Å². The van der Waals surface area contributed by atoms with Crippen molar-refractivity contribution in [3.63, 3.8) is 0 Å². The van der Waals surface area contributed by atoms with E-state index in [2.05, 4.69) is 99.9 Å². The summed E-state index contributed by atoms with van der Waals surface area (Å²) in [7, 11) is -2.72. The average molecular weight is 607 g/mol. The number of hydrogen-bond donors (Lipinski definition) is 0. The predicted octanol–water partition coefficient (Wildman–Crippen LogP) is 10.5. The molecule has 0 aromatic heterocycles. The summed E-state index contributed by atoms with van der Waals surface area (Å²) in [6.45, 7) is 15.4. The first-order chi connectivity index (χ1) is 16.8. The summed E-state index contributed by atoms with van der Waals surface area (Å²) < 4.78 is 0. The highest BCUT2D eigenvalue weighted by Gasteiger charge is 2.31. The summed E-state index contributed by atoms with van der Waals surface area (Å²) in [5.41, 5.74) is 0. The number of rotatable bonds is 18. The fourth-order valence-electron chi connectivity index (χ4n) is 5.64. The molecule has 0 atom stereocenters. The predicted molar refractivity (Wildman–Crippen MR) is 199 cm³/mol. The van der Waals surface area contributed by atoms with Gasteiger partial charge in [0, 0.05) is 26.4 Å². The molecule has 0 aliphatic carbocycles. The van der Waals surface area contributed by atoms with E-state index < -0.39 is 34.5 Å². The number of benzene rings is 2. The Bertz CT molecular complexity index is 705. The molecule has 2 aromatic carbocycles. The van der Waals surface area contributed by atoms with Crippen molar-refractivity contribution >= 4 is 53.0 Å². The fraction of sp³-hybridized carbons (Fsp3) is 0.636. The van der Waals surface area contributed by atoms with Crippen molar-refractivity contribution in [2.24, 2.45) is 0 Å². The highest BCUT2D eigenvalue weighted by molar-refractivity contribution is 7.73. The molecule has 0 bridgehead atoms. The van der Waals surface area contributed by atoms with Crippen molar-refractivity contribution < 1.29 is 0 Å². The minimum Gasteiger partial charge on any atom is -0.0776 e. The Morgan fingerprint density at radius 3 is 1.13 bits per heavy atom. The molecular formula is C33H67PSi4. The Kier molecular flexibility index (Phi) is 23.5. The average Bonchev–Trinajstić information content (AvgIpc) is 2.82. The van der Waals surface area contributed by atoms with Crippen molar-refractivity contribution in [3.05, 3.63) is 60.7 Å². The lowest BCUT2D eigenvalue weighted by atomic mass is 10.4. The first kappa shape index (κ1) is 39.9. The van der Waals surface area contributed by atoms with Crippen LogP contribution in [0.3, 0.4) is 0 Å². The van der Waals surface area contributed by atoms with Gasteiger partial charge in [-0.2, -0.15) is 0 Å². The van der Waals surface area contributed by atoms with Crippen LogP contribution in [-0.2, 0) is 0 Å². The third-order valence-corrected chi connectivity index (χ3v) is 20.6. The molecule has 0 radical (unpaired) electrons. The van der Waals surface area contributed by atoms with E-state index in [1.54, 1.807) is 72.2 Å². The SMILES string of the molecule is C.C.C.C[SiH](C)CCC[Si](CCC[SiH](C)C)(CCC[SiH](C)C)CCCP(c1ccccc1)c1ccccc1. The molecule has 0 amide bonds. The van der Waals surface area contributed by atoms with Gasteiger partial charge in [-0.05, 0) is 24.7 Å². The van der Waals surface area contributed by atoms with Crippen LogP contribution < -0.4 is 10.6 Å². The smallest absolute Gasteiger partial charge is 0.0535 e. The molecule has 0 N–H and O–H groups in total. The standard InChI is InChI=1S/C30H55PSi4.3CH4/c1-32(2)22-14-26-35(27-15-23-33(3)4,28-16-24-34(5)6)25-13-21-31(29-17-9-7-10-18-29)30-19-11-8-12-20-30;;;/h7-12,17-20,32-34H,13-16,21-28H2,1-6H3;3*1H4. The molecule has 2 aromatic rings.